The molecular weight excluding hydrogens is 411 g/mol. The third-order valence-electron chi connectivity index (χ3n) is 5.52. The van der Waals surface area contributed by atoms with Gasteiger partial charge in [0.15, 0.2) is 29.4 Å². The van der Waals surface area contributed by atoms with E-state index in [9.17, 15) is 5.11 Å². The van der Waals surface area contributed by atoms with E-state index in [1.807, 2.05) is 36.4 Å². The minimum Gasteiger partial charge on any atom is -0.394 e. The van der Waals surface area contributed by atoms with Crippen LogP contribution in [-0.4, -0.2) is 43.5 Å². The fourth-order valence-corrected chi connectivity index (χ4v) is 3.88. The van der Waals surface area contributed by atoms with Crippen LogP contribution in [0, 0.1) is 16.7 Å². The maximum Gasteiger partial charge on any atom is 0.226 e. The molecule has 2 aromatic heterocycles. The van der Waals surface area contributed by atoms with Crippen LogP contribution < -0.4 is 5.32 Å². The summed E-state index contributed by atoms with van der Waals surface area (Å²) in [5.74, 6) is 0.416. The molecular formula is C20H20ClFN6O2. The van der Waals surface area contributed by atoms with E-state index in [0.29, 0.717) is 23.5 Å². The second-order valence-electron chi connectivity index (χ2n) is 7.44. The molecule has 1 aromatic carbocycles. The maximum atomic E-state index is 15.4. The number of aliphatic hydroxyl groups is 1. The van der Waals surface area contributed by atoms with Crippen LogP contribution in [0.5, 0.6) is 0 Å². The molecule has 4 rings (SSSR count). The highest BCUT2D eigenvalue weighted by Gasteiger charge is 2.55. The molecule has 3 heterocycles. The summed E-state index contributed by atoms with van der Waals surface area (Å²) in [6, 6.07) is 11.7. The van der Waals surface area contributed by atoms with Gasteiger partial charge in [-0.1, -0.05) is 37.3 Å². The Morgan fingerprint density at radius 2 is 2.13 bits per heavy atom. The molecule has 30 heavy (non-hydrogen) atoms. The number of ether oxygens (including phenoxy) is 1. The van der Waals surface area contributed by atoms with E-state index in [-0.39, 0.29) is 11.7 Å². The maximum absolute atomic E-state index is 15.4. The van der Waals surface area contributed by atoms with Gasteiger partial charge in [-0.05, 0) is 17.2 Å². The number of aromatic nitrogens is 4. The Kier molecular flexibility index (Phi) is 5.56. The predicted octanol–water partition coefficient (Wildman–Crippen LogP) is 3.24. The summed E-state index contributed by atoms with van der Waals surface area (Å²) in [4.78, 5) is 12.8. The lowest BCUT2D eigenvalue weighted by atomic mass is 9.79. The summed E-state index contributed by atoms with van der Waals surface area (Å²) in [5.41, 5.74) is 0.605. The van der Waals surface area contributed by atoms with Gasteiger partial charge in [0, 0.05) is 18.4 Å². The number of imidazole rings is 1. The topological polar surface area (TPSA) is 109 Å². The van der Waals surface area contributed by atoms with Gasteiger partial charge in [0.25, 0.3) is 0 Å². The number of nitrogens with zero attached hydrogens (tertiary/aromatic N) is 5. The standard InChI is InChI=1S/C20H20ClFN6O2/c1-20(7-8-23)13(10-29)30-18(15(20)22)28-11-25-14-16(26-19(21)27-17(14)28)24-9-12-5-3-2-4-6-12/h2-6,11,13,15,18,29H,7,9-10H2,1H3,(H,24,26,27)/t13-,15-,18-,20-/m1/s1. The normalized spacial score (nSPS) is 26.0. The van der Waals surface area contributed by atoms with E-state index in [0.717, 1.165) is 5.56 Å². The molecule has 0 radical (unpaired) electrons. The van der Waals surface area contributed by atoms with Crippen LogP contribution in [0.1, 0.15) is 25.1 Å². The second kappa shape index (κ2) is 8.14. The van der Waals surface area contributed by atoms with E-state index < -0.39 is 30.5 Å². The summed E-state index contributed by atoms with van der Waals surface area (Å²) < 4.78 is 22.6. The van der Waals surface area contributed by atoms with Crippen LogP contribution in [0.2, 0.25) is 5.28 Å². The molecule has 0 amide bonds. The predicted molar refractivity (Wildman–Crippen MR) is 108 cm³/mol. The molecule has 1 aliphatic rings. The van der Waals surface area contributed by atoms with E-state index in [1.165, 1.54) is 10.9 Å². The molecule has 0 aliphatic carbocycles. The molecule has 156 valence electrons. The van der Waals surface area contributed by atoms with E-state index in [2.05, 4.69) is 20.3 Å². The van der Waals surface area contributed by atoms with E-state index in [4.69, 9.17) is 21.6 Å². The fourth-order valence-electron chi connectivity index (χ4n) is 3.72. The van der Waals surface area contributed by atoms with Crippen molar-refractivity contribution in [3.63, 3.8) is 0 Å². The van der Waals surface area contributed by atoms with E-state index in [1.54, 1.807) is 6.92 Å². The highest BCUT2D eigenvalue weighted by Crippen LogP contribution is 2.48. The van der Waals surface area contributed by atoms with Crippen molar-refractivity contribution in [2.45, 2.75) is 38.4 Å². The summed E-state index contributed by atoms with van der Waals surface area (Å²) in [6.45, 7) is 1.69. The minimum absolute atomic E-state index is 0.0216. The quantitative estimate of drug-likeness (QED) is 0.578. The number of rotatable bonds is 6. The Balaban J connectivity index is 1.68. The number of hydrogen-bond donors (Lipinski definition) is 2. The van der Waals surface area contributed by atoms with Crippen LogP contribution in [-0.2, 0) is 11.3 Å². The van der Waals surface area contributed by atoms with Crippen LogP contribution in [0.25, 0.3) is 11.2 Å². The second-order valence-corrected chi connectivity index (χ2v) is 7.78. The average Bonchev–Trinajstić information content (AvgIpc) is 3.26. The van der Waals surface area contributed by atoms with Crippen molar-refractivity contribution in [2.75, 3.05) is 11.9 Å². The van der Waals surface area contributed by atoms with Crippen molar-refractivity contribution < 1.29 is 14.2 Å². The van der Waals surface area contributed by atoms with Crippen molar-refractivity contribution in [3.8, 4) is 6.07 Å². The highest BCUT2D eigenvalue weighted by atomic mass is 35.5. The van der Waals surface area contributed by atoms with Gasteiger partial charge in [-0.15, -0.1) is 0 Å². The number of alkyl halides is 1. The van der Waals surface area contributed by atoms with Gasteiger partial charge in [0.2, 0.25) is 5.28 Å². The summed E-state index contributed by atoms with van der Waals surface area (Å²) in [6.07, 6.45) is -2.17. The average molecular weight is 431 g/mol. The van der Waals surface area contributed by atoms with Gasteiger partial charge in [-0.3, -0.25) is 4.57 Å². The van der Waals surface area contributed by atoms with Crippen LogP contribution >= 0.6 is 11.6 Å². The number of halogens is 2. The monoisotopic (exact) mass is 430 g/mol. The zero-order chi connectivity index (χ0) is 21.3. The third-order valence-corrected chi connectivity index (χ3v) is 5.69. The first-order valence-corrected chi connectivity index (χ1v) is 9.81. The molecule has 3 aromatic rings. The Bertz CT molecular complexity index is 1090. The lowest BCUT2D eigenvalue weighted by Gasteiger charge is -2.27. The Morgan fingerprint density at radius 1 is 1.37 bits per heavy atom. The lowest BCUT2D eigenvalue weighted by Crippen LogP contribution is -2.37. The first kappa shape index (κ1) is 20.5. The number of hydrogen-bond acceptors (Lipinski definition) is 7. The third kappa shape index (κ3) is 3.47. The highest BCUT2D eigenvalue weighted by molar-refractivity contribution is 6.28. The smallest absolute Gasteiger partial charge is 0.226 e. The Hall–Kier alpha value is -2.80. The van der Waals surface area contributed by atoms with Crippen molar-refractivity contribution in [3.05, 3.63) is 47.5 Å². The van der Waals surface area contributed by atoms with Crippen LogP contribution in [0.4, 0.5) is 10.2 Å². The largest absolute Gasteiger partial charge is 0.394 e. The van der Waals surface area contributed by atoms with Gasteiger partial charge in [-0.25, -0.2) is 9.37 Å². The molecule has 8 nitrogen and oxygen atoms in total. The van der Waals surface area contributed by atoms with Crippen molar-refractivity contribution in [1.82, 2.24) is 19.5 Å². The Labute approximate surface area is 177 Å². The Morgan fingerprint density at radius 3 is 2.83 bits per heavy atom. The number of fused-ring (bicyclic) bond motifs is 1. The van der Waals surface area contributed by atoms with Crippen molar-refractivity contribution in [1.29, 1.82) is 5.26 Å². The van der Waals surface area contributed by atoms with E-state index >= 15 is 4.39 Å². The fraction of sp³-hybridized carbons (Fsp3) is 0.400. The van der Waals surface area contributed by atoms with Crippen LogP contribution in [0.15, 0.2) is 36.7 Å². The molecule has 0 saturated carbocycles. The minimum atomic E-state index is -1.55. The molecule has 1 fully saturated rings. The van der Waals surface area contributed by atoms with Crippen molar-refractivity contribution in [2.24, 2.45) is 5.41 Å². The number of nitriles is 1. The van der Waals surface area contributed by atoms with Gasteiger partial charge < -0.3 is 15.2 Å². The SMILES string of the molecule is C[C@]1(CC#N)[C@H](F)[C@H](n2cnc3c(NCc4ccccc4)nc(Cl)nc32)O[C@@H]1CO. The lowest BCUT2D eigenvalue weighted by molar-refractivity contribution is -0.0452. The molecule has 2 N–H and O–H groups in total. The number of anilines is 1. The molecule has 4 atom stereocenters. The van der Waals surface area contributed by atoms with Gasteiger partial charge in [0.1, 0.15) is 0 Å². The molecule has 1 saturated heterocycles. The molecule has 1 aliphatic heterocycles. The van der Waals surface area contributed by atoms with Gasteiger partial charge in [0.05, 0.1) is 25.1 Å². The summed E-state index contributed by atoms with van der Waals surface area (Å²) >= 11 is 6.12. The first-order chi connectivity index (χ1) is 14.5. The molecule has 0 unspecified atom stereocenters. The zero-order valence-corrected chi connectivity index (χ0v) is 16.9. The number of aliphatic hydroxyl groups excluding tert-OH is 1. The number of benzene rings is 1. The molecule has 0 spiro atoms. The molecule has 10 heteroatoms. The first-order valence-electron chi connectivity index (χ1n) is 9.43. The van der Waals surface area contributed by atoms with Crippen LogP contribution in [0.3, 0.4) is 0 Å². The molecule has 0 bridgehead atoms. The number of nitrogens with one attached hydrogen (secondary N) is 1. The van der Waals surface area contributed by atoms with Crippen molar-refractivity contribution >= 4 is 28.6 Å². The van der Waals surface area contributed by atoms with Gasteiger partial charge >= 0.3 is 0 Å². The summed E-state index contributed by atoms with van der Waals surface area (Å²) in [7, 11) is 0. The zero-order valence-electron chi connectivity index (χ0n) is 16.2. The van der Waals surface area contributed by atoms with Gasteiger partial charge in [-0.2, -0.15) is 15.2 Å². The summed E-state index contributed by atoms with van der Waals surface area (Å²) in [5, 5.41) is 21.9.